The Kier molecular flexibility index (Phi) is 8.55. The first-order valence-corrected chi connectivity index (χ1v) is 11.6. The zero-order chi connectivity index (χ0) is 24.8. The molecule has 2 unspecified atom stereocenters. The van der Waals surface area contributed by atoms with Gasteiger partial charge in [-0.3, -0.25) is 4.79 Å². The third kappa shape index (κ3) is 5.88. The van der Waals surface area contributed by atoms with Gasteiger partial charge in [0, 0.05) is 31.6 Å². The molecule has 1 aliphatic rings. The van der Waals surface area contributed by atoms with Crippen molar-refractivity contribution in [3.63, 3.8) is 0 Å². The molecule has 184 valence electrons. The van der Waals surface area contributed by atoms with E-state index in [9.17, 15) is 9.18 Å². The first-order valence-electron chi connectivity index (χ1n) is 11.1. The number of nitrogens with zero attached hydrogens (tertiary/aromatic N) is 1. The molecule has 1 aliphatic heterocycles. The first-order chi connectivity index (χ1) is 16.3. The van der Waals surface area contributed by atoms with Crippen molar-refractivity contribution in [2.24, 2.45) is 5.92 Å². The topological polar surface area (TPSA) is 72.1 Å². The molecule has 0 aliphatic carbocycles. The number of carbonyl (C=O) groups is 1. The van der Waals surface area contributed by atoms with Crippen LogP contribution in [0.15, 0.2) is 36.4 Å². The van der Waals surface area contributed by atoms with Gasteiger partial charge in [-0.05, 0) is 61.5 Å². The molecule has 2 atom stereocenters. The van der Waals surface area contributed by atoms with Crippen LogP contribution in [0.1, 0.15) is 30.9 Å². The van der Waals surface area contributed by atoms with Crippen LogP contribution < -0.4 is 24.8 Å². The zero-order valence-electron chi connectivity index (χ0n) is 20.2. The number of halogens is 1. The fraction of sp³-hybridized carbons (Fsp3) is 0.440. The van der Waals surface area contributed by atoms with Gasteiger partial charge in [-0.15, -0.1) is 0 Å². The molecule has 34 heavy (non-hydrogen) atoms. The number of hydrogen-bond donors (Lipinski definition) is 2. The van der Waals surface area contributed by atoms with E-state index in [-0.39, 0.29) is 29.6 Å². The van der Waals surface area contributed by atoms with Crippen LogP contribution in [0.25, 0.3) is 0 Å². The third-order valence-corrected chi connectivity index (χ3v) is 6.23. The van der Waals surface area contributed by atoms with E-state index >= 15 is 0 Å². The molecule has 1 heterocycles. The lowest BCUT2D eigenvalue weighted by atomic mass is 9.87. The van der Waals surface area contributed by atoms with Gasteiger partial charge in [0.25, 0.3) is 0 Å². The third-order valence-electron chi connectivity index (χ3n) is 5.85. The maximum atomic E-state index is 13.3. The number of thiocarbonyl (C=S) groups is 1. The second-order valence-corrected chi connectivity index (χ2v) is 8.91. The summed E-state index contributed by atoms with van der Waals surface area (Å²) >= 11 is 5.60. The van der Waals surface area contributed by atoms with E-state index in [1.165, 1.54) is 12.1 Å². The van der Waals surface area contributed by atoms with Gasteiger partial charge in [-0.1, -0.05) is 12.1 Å². The van der Waals surface area contributed by atoms with Gasteiger partial charge in [0.1, 0.15) is 5.82 Å². The molecule has 1 amide bonds. The van der Waals surface area contributed by atoms with E-state index in [2.05, 4.69) is 10.6 Å². The largest absolute Gasteiger partial charge is 0.493 e. The van der Waals surface area contributed by atoms with Crippen molar-refractivity contribution in [3.05, 3.63) is 53.3 Å². The van der Waals surface area contributed by atoms with E-state index in [1.807, 2.05) is 30.9 Å². The molecule has 2 N–H and O–H groups in total. The van der Waals surface area contributed by atoms with Gasteiger partial charge in [0.05, 0.1) is 27.2 Å². The van der Waals surface area contributed by atoms with Crippen molar-refractivity contribution in [2.45, 2.75) is 32.4 Å². The van der Waals surface area contributed by atoms with Crippen LogP contribution in [0, 0.1) is 11.7 Å². The zero-order valence-corrected chi connectivity index (χ0v) is 21.0. The van der Waals surface area contributed by atoms with Gasteiger partial charge in [-0.2, -0.15) is 0 Å². The first kappa shape index (κ1) is 25.6. The quantitative estimate of drug-likeness (QED) is 0.550. The normalized spacial score (nSPS) is 17.4. The number of ether oxygens (including phenoxy) is 3. The molecule has 0 radical (unpaired) electrons. The van der Waals surface area contributed by atoms with Gasteiger partial charge in [0.2, 0.25) is 11.7 Å². The molecule has 7 nitrogen and oxygen atoms in total. The van der Waals surface area contributed by atoms with Crippen LogP contribution in [0.3, 0.4) is 0 Å². The van der Waals surface area contributed by atoms with Gasteiger partial charge < -0.3 is 29.7 Å². The number of carbonyl (C=O) groups excluding carboxylic acids is 1. The lowest BCUT2D eigenvalue weighted by molar-refractivity contribution is -0.125. The molecule has 0 aromatic heterocycles. The molecule has 0 bridgehead atoms. The number of hydrogen-bond acceptors (Lipinski definition) is 5. The SMILES string of the molecule is COc1cc(C2CN(C(=S)NC(C)C)CC2C(=O)NCc2ccc(F)cc2)cc(OC)c1OC. The molecular formula is C25H32FN3O4S. The van der Waals surface area contributed by atoms with Gasteiger partial charge in [-0.25, -0.2) is 4.39 Å². The van der Waals surface area contributed by atoms with Crippen LogP contribution in [0.5, 0.6) is 17.2 Å². The van der Waals surface area contributed by atoms with Crippen LogP contribution in [-0.2, 0) is 11.3 Å². The molecule has 0 spiro atoms. The maximum Gasteiger partial charge on any atom is 0.225 e. The van der Waals surface area contributed by atoms with Gasteiger partial charge >= 0.3 is 0 Å². The fourth-order valence-corrected chi connectivity index (χ4v) is 4.53. The number of methoxy groups -OCH3 is 3. The Morgan fingerprint density at radius 2 is 1.71 bits per heavy atom. The minimum atomic E-state index is -0.366. The van der Waals surface area contributed by atoms with Crippen molar-refractivity contribution in [3.8, 4) is 17.2 Å². The Hall–Kier alpha value is -3.07. The number of nitrogens with one attached hydrogen (secondary N) is 2. The van der Waals surface area contributed by atoms with E-state index in [0.717, 1.165) is 11.1 Å². The second-order valence-electron chi connectivity index (χ2n) is 8.53. The molecule has 1 fully saturated rings. The van der Waals surface area contributed by atoms with Crippen LogP contribution in [0.2, 0.25) is 0 Å². The summed E-state index contributed by atoms with van der Waals surface area (Å²) in [5, 5.41) is 6.88. The van der Waals surface area contributed by atoms with Crippen molar-refractivity contribution in [2.75, 3.05) is 34.4 Å². The highest BCUT2D eigenvalue weighted by atomic mass is 32.1. The van der Waals surface area contributed by atoms with E-state index in [4.69, 9.17) is 26.4 Å². The number of rotatable bonds is 8. The summed E-state index contributed by atoms with van der Waals surface area (Å²) in [6.45, 7) is 5.38. The summed E-state index contributed by atoms with van der Waals surface area (Å²) in [6.07, 6.45) is 0. The average molecular weight is 490 g/mol. The van der Waals surface area contributed by atoms with E-state index in [0.29, 0.717) is 42.0 Å². The Bertz CT molecular complexity index is 991. The highest BCUT2D eigenvalue weighted by Gasteiger charge is 2.40. The van der Waals surface area contributed by atoms with Crippen molar-refractivity contribution in [1.82, 2.24) is 15.5 Å². The Balaban J connectivity index is 1.89. The lowest BCUT2D eigenvalue weighted by Crippen LogP contribution is -2.42. The lowest BCUT2D eigenvalue weighted by Gasteiger charge is -2.22. The standard InChI is InChI=1S/C25H32FN3O4S/c1-15(2)28-25(34)29-13-19(17-10-21(31-3)23(33-5)22(11-17)32-4)20(14-29)24(30)27-12-16-6-8-18(26)9-7-16/h6-11,15,19-20H,12-14H2,1-5H3,(H,27,30)(H,28,34). The maximum absolute atomic E-state index is 13.3. The molecular weight excluding hydrogens is 457 g/mol. The summed E-state index contributed by atoms with van der Waals surface area (Å²) in [4.78, 5) is 15.3. The predicted molar refractivity (Wildman–Crippen MR) is 133 cm³/mol. The summed E-state index contributed by atoms with van der Waals surface area (Å²) in [6, 6.07) is 10.0. The van der Waals surface area contributed by atoms with Crippen molar-refractivity contribution >= 4 is 23.2 Å². The molecule has 2 aromatic rings. The number of amides is 1. The minimum absolute atomic E-state index is 0.0991. The van der Waals surface area contributed by atoms with Crippen LogP contribution in [0.4, 0.5) is 4.39 Å². The Morgan fingerprint density at radius 1 is 1.09 bits per heavy atom. The van der Waals surface area contributed by atoms with Crippen molar-refractivity contribution < 1.29 is 23.4 Å². The van der Waals surface area contributed by atoms with Crippen LogP contribution >= 0.6 is 12.2 Å². The second kappa shape index (κ2) is 11.4. The summed E-state index contributed by atoms with van der Waals surface area (Å²) in [5.74, 6) is 0.627. The highest BCUT2D eigenvalue weighted by Crippen LogP contribution is 2.43. The van der Waals surface area contributed by atoms with Gasteiger partial charge in [0.15, 0.2) is 16.6 Å². The average Bonchev–Trinajstić information content (AvgIpc) is 3.28. The fourth-order valence-electron chi connectivity index (χ4n) is 4.15. The van der Waals surface area contributed by atoms with E-state index in [1.54, 1.807) is 33.5 Å². The molecule has 2 aromatic carbocycles. The number of benzene rings is 2. The minimum Gasteiger partial charge on any atom is -0.493 e. The molecule has 3 rings (SSSR count). The Labute approximate surface area is 205 Å². The summed E-state index contributed by atoms with van der Waals surface area (Å²) in [7, 11) is 4.69. The summed E-state index contributed by atoms with van der Waals surface area (Å²) < 4.78 is 29.7. The van der Waals surface area contributed by atoms with Crippen LogP contribution in [-0.4, -0.2) is 56.4 Å². The molecule has 0 saturated carbocycles. The summed E-state index contributed by atoms with van der Waals surface area (Å²) in [5.41, 5.74) is 1.72. The monoisotopic (exact) mass is 489 g/mol. The predicted octanol–water partition coefficient (Wildman–Crippen LogP) is 3.47. The van der Waals surface area contributed by atoms with E-state index < -0.39 is 0 Å². The smallest absolute Gasteiger partial charge is 0.225 e. The highest BCUT2D eigenvalue weighted by molar-refractivity contribution is 7.80. The Morgan fingerprint density at radius 3 is 2.24 bits per heavy atom. The number of likely N-dealkylation sites (tertiary alicyclic amines) is 1. The van der Waals surface area contributed by atoms with Crippen molar-refractivity contribution in [1.29, 1.82) is 0 Å². The molecule has 1 saturated heterocycles. The molecule has 9 heteroatoms.